The summed E-state index contributed by atoms with van der Waals surface area (Å²) in [6.07, 6.45) is 3.67. The van der Waals surface area contributed by atoms with Crippen LogP contribution in [0.25, 0.3) is 0 Å². The number of hydrogen-bond donors (Lipinski definition) is 2. The fraction of sp³-hybridized carbons (Fsp3) is 0.250. The largest absolute Gasteiger partial charge is 0.366 e. The normalized spacial score (nSPS) is 9.83. The molecule has 1 aromatic rings. The molecule has 1 heterocycles. The van der Waals surface area contributed by atoms with E-state index in [1.54, 1.807) is 0 Å². The third-order valence-corrected chi connectivity index (χ3v) is 0.500. The second-order valence-corrected chi connectivity index (χ2v) is 3.20. The van der Waals surface area contributed by atoms with Gasteiger partial charge in [0.1, 0.15) is 0 Å². The highest BCUT2D eigenvalue weighted by molar-refractivity contribution is 7.85. The van der Waals surface area contributed by atoms with Crippen molar-refractivity contribution in [1.82, 2.24) is 15.2 Å². The summed E-state index contributed by atoms with van der Waals surface area (Å²) >= 11 is 0. The third kappa shape index (κ3) is 11.5. The van der Waals surface area contributed by atoms with Gasteiger partial charge in [-0.3, -0.25) is 4.55 Å². The molecule has 0 amide bonds. The van der Waals surface area contributed by atoms with E-state index in [0.717, 1.165) is 0 Å². The summed E-state index contributed by atoms with van der Waals surface area (Å²) in [7, 11) is -3.67. The van der Waals surface area contributed by atoms with E-state index in [0.29, 0.717) is 6.26 Å². The molecule has 12 heavy (non-hydrogen) atoms. The van der Waals surface area contributed by atoms with E-state index in [9.17, 15) is 8.42 Å². The van der Waals surface area contributed by atoms with Crippen LogP contribution in [-0.2, 0) is 10.1 Å². The molecule has 1 aromatic heterocycles. The Morgan fingerprint density at radius 1 is 1.50 bits per heavy atom. The Hall–Kier alpha value is -1.28. The number of anilines is 1. The molecule has 0 aliphatic heterocycles. The van der Waals surface area contributed by atoms with Crippen LogP contribution in [0.2, 0.25) is 0 Å². The number of rotatable bonds is 0. The molecule has 0 spiro atoms. The van der Waals surface area contributed by atoms with E-state index >= 15 is 0 Å². The summed E-state index contributed by atoms with van der Waals surface area (Å²) in [4.78, 5) is 3.58. The maximum absolute atomic E-state index is 9.19. The molecule has 0 fully saturated rings. The van der Waals surface area contributed by atoms with Gasteiger partial charge >= 0.3 is 0 Å². The molecule has 0 bridgehead atoms. The topological polar surface area (TPSA) is 119 Å². The van der Waals surface area contributed by atoms with Crippen LogP contribution >= 0.6 is 0 Å². The fourth-order valence-corrected chi connectivity index (χ4v) is 0.258. The van der Waals surface area contributed by atoms with Gasteiger partial charge in [0.05, 0.1) is 18.6 Å². The van der Waals surface area contributed by atoms with Gasteiger partial charge in [0.15, 0.2) is 0 Å². The van der Waals surface area contributed by atoms with Gasteiger partial charge in [-0.25, -0.2) is 4.98 Å². The molecule has 1 rings (SSSR count). The molecular weight excluding hydrogens is 184 g/mol. The van der Waals surface area contributed by atoms with Gasteiger partial charge in [0.2, 0.25) is 5.95 Å². The number of nitrogens with zero attached hydrogens (tertiary/aromatic N) is 3. The Kier molecular flexibility index (Phi) is 4.08. The Morgan fingerprint density at radius 2 is 2.00 bits per heavy atom. The van der Waals surface area contributed by atoms with Gasteiger partial charge in [0.25, 0.3) is 10.1 Å². The number of aromatic nitrogens is 3. The van der Waals surface area contributed by atoms with E-state index < -0.39 is 10.1 Å². The lowest BCUT2D eigenvalue weighted by molar-refractivity contribution is 0.490. The van der Waals surface area contributed by atoms with Gasteiger partial charge in [-0.1, -0.05) is 0 Å². The monoisotopic (exact) mass is 192 g/mol. The molecule has 0 aliphatic carbocycles. The van der Waals surface area contributed by atoms with Gasteiger partial charge in [-0.05, 0) is 0 Å². The first-order valence-electron chi connectivity index (χ1n) is 2.71. The van der Waals surface area contributed by atoms with Crippen LogP contribution in [0.3, 0.4) is 0 Å². The molecule has 0 saturated heterocycles. The molecule has 0 atom stereocenters. The first-order valence-corrected chi connectivity index (χ1v) is 4.56. The summed E-state index contributed by atoms with van der Waals surface area (Å²) < 4.78 is 25.9. The van der Waals surface area contributed by atoms with Crippen LogP contribution in [0.15, 0.2) is 12.4 Å². The predicted molar refractivity (Wildman–Crippen MR) is 41.7 cm³/mol. The lowest BCUT2D eigenvalue weighted by atomic mass is 10.9. The zero-order valence-electron chi connectivity index (χ0n) is 6.25. The minimum absolute atomic E-state index is 0.211. The van der Waals surface area contributed by atoms with Gasteiger partial charge in [0, 0.05) is 0 Å². The molecule has 0 aliphatic rings. The van der Waals surface area contributed by atoms with Crippen molar-refractivity contribution in [3.8, 4) is 0 Å². The van der Waals surface area contributed by atoms with E-state index in [2.05, 4.69) is 15.2 Å². The van der Waals surface area contributed by atoms with E-state index in [-0.39, 0.29) is 5.95 Å². The second kappa shape index (κ2) is 4.57. The lowest BCUT2D eigenvalue weighted by Crippen LogP contribution is -1.93. The quantitative estimate of drug-likeness (QED) is 0.503. The van der Waals surface area contributed by atoms with Crippen LogP contribution in [-0.4, -0.2) is 34.4 Å². The van der Waals surface area contributed by atoms with Crippen molar-refractivity contribution in [1.29, 1.82) is 0 Å². The number of nitrogens with two attached hydrogens (primary N) is 1. The van der Waals surface area contributed by atoms with Crippen LogP contribution in [0.4, 0.5) is 5.95 Å². The van der Waals surface area contributed by atoms with Crippen molar-refractivity contribution < 1.29 is 13.0 Å². The van der Waals surface area contributed by atoms with Gasteiger partial charge in [-0.2, -0.15) is 13.5 Å². The molecule has 0 saturated carbocycles. The molecule has 8 heteroatoms. The van der Waals surface area contributed by atoms with Crippen LogP contribution in [0.1, 0.15) is 0 Å². The molecule has 3 N–H and O–H groups in total. The van der Waals surface area contributed by atoms with Crippen LogP contribution in [0, 0.1) is 0 Å². The standard InChI is InChI=1S/C3H4N4.CH4O3S/c4-3-5-1-2-6-7-3;1-5(2,3)4/h1-2H,(H2,4,5,7);1H3,(H,2,3,4). The highest BCUT2D eigenvalue weighted by Gasteiger charge is 1.81. The summed E-state index contributed by atoms with van der Waals surface area (Å²) in [5.74, 6) is 0.211. The summed E-state index contributed by atoms with van der Waals surface area (Å²) in [5.41, 5.74) is 5.07. The average molecular weight is 192 g/mol. The van der Waals surface area contributed by atoms with Crippen molar-refractivity contribution in [2.24, 2.45) is 0 Å². The summed E-state index contributed by atoms with van der Waals surface area (Å²) in [6.45, 7) is 0. The summed E-state index contributed by atoms with van der Waals surface area (Å²) in [5, 5.41) is 6.84. The Balaban J connectivity index is 0.000000217. The smallest absolute Gasteiger partial charge is 0.261 e. The van der Waals surface area contributed by atoms with E-state index in [4.69, 9.17) is 10.3 Å². The van der Waals surface area contributed by atoms with Crippen molar-refractivity contribution in [2.75, 3.05) is 12.0 Å². The van der Waals surface area contributed by atoms with Crippen molar-refractivity contribution in [2.45, 2.75) is 0 Å². The molecule has 68 valence electrons. The van der Waals surface area contributed by atoms with Crippen molar-refractivity contribution in [3.05, 3.63) is 12.4 Å². The highest BCUT2D eigenvalue weighted by Crippen LogP contribution is 1.77. The van der Waals surface area contributed by atoms with Crippen molar-refractivity contribution in [3.63, 3.8) is 0 Å². The second-order valence-electron chi connectivity index (χ2n) is 1.73. The zero-order valence-corrected chi connectivity index (χ0v) is 7.06. The lowest BCUT2D eigenvalue weighted by Gasteiger charge is -1.80. The molecule has 0 unspecified atom stereocenters. The maximum Gasteiger partial charge on any atom is 0.261 e. The van der Waals surface area contributed by atoms with Crippen LogP contribution in [0.5, 0.6) is 0 Å². The SMILES string of the molecule is CS(=O)(=O)O.Nc1nccnn1. The third-order valence-electron chi connectivity index (χ3n) is 0.500. The minimum atomic E-state index is -3.67. The molecule has 0 radical (unpaired) electrons. The minimum Gasteiger partial charge on any atom is -0.366 e. The first-order chi connectivity index (χ1) is 5.39. The zero-order chi connectivity index (χ0) is 9.61. The van der Waals surface area contributed by atoms with E-state index in [1.807, 2.05) is 0 Å². The number of nitrogen functional groups attached to an aromatic ring is 1. The fourth-order valence-electron chi connectivity index (χ4n) is 0.258. The molecule has 0 aromatic carbocycles. The molecular formula is C4H8N4O3S. The first kappa shape index (κ1) is 10.7. The summed E-state index contributed by atoms with van der Waals surface area (Å²) in [6, 6.07) is 0. The van der Waals surface area contributed by atoms with E-state index in [1.165, 1.54) is 12.4 Å². The van der Waals surface area contributed by atoms with Crippen molar-refractivity contribution >= 4 is 16.1 Å². The molecule has 7 nitrogen and oxygen atoms in total. The van der Waals surface area contributed by atoms with Gasteiger partial charge in [-0.15, -0.1) is 5.10 Å². The van der Waals surface area contributed by atoms with Gasteiger partial charge < -0.3 is 5.73 Å². The maximum atomic E-state index is 9.19. The Labute approximate surface area is 69.4 Å². The highest BCUT2D eigenvalue weighted by atomic mass is 32.2. The Morgan fingerprint density at radius 3 is 2.17 bits per heavy atom. The predicted octanol–water partition coefficient (Wildman–Crippen LogP) is -1.04. The Bertz CT molecular complexity index is 302. The average Bonchev–Trinajstić information content (AvgIpc) is 1.85. The van der Waals surface area contributed by atoms with Crippen LogP contribution < -0.4 is 5.73 Å². The number of hydrogen-bond acceptors (Lipinski definition) is 6.